The number of nitrogens with zero attached hydrogens (tertiary/aromatic N) is 3. The van der Waals surface area contributed by atoms with Gasteiger partial charge in [0.25, 0.3) is 5.91 Å². The Morgan fingerprint density at radius 3 is 3.00 bits per heavy atom. The standard InChI is InChI=1S/C22H28N4OS/c1-3-25-13-11-24-20(25)15-26-12-7-6-8-16(26)14-18-17-9-4-5-10-19(17)28-21(18)22(27)23-2/h4-5,9-11,13,16H,3,6-8,12,14-15H2,1-2H3,(H,23,27). The van der Waals surface area contributed by atoms with Crippen molar-refractivity contribution in [1.29, 1.82) is 0 Å². The Balaban J connectivity index is 1.64. The van der Waals surface area contributed by atoms with E-state index in [9.17, 15) is 4.79 Å². The van der Waals surface area contributed by atoms with E-state index in [-0.39, 0.29) is 5.91 Å². The van der Waals surface area contributed by atoms with E-state index in [2.05, 4.69) is 51.1 Å². The first-order chi connectivity index (χ1) is 13.7. The lowest BCUT2D eigenvalue weighted by Crippen LogP contribution is -2.41. The second-order valence-electron chi connectivity index (χ2n) is 7.44. The molecule has 0 bridgehead atoms. The third kappa shape index (κ3) is 3.71. The SMILES string of the molecule is CCn1ccnc1CN1CCCCC1Cc1c(C(=O)NC)sc2ccccc12. The monoisotopic (exact) mass is 396 g/mol. The summed E-state index contributed by atoms with van der Waals surface area (Å²) in [5.74, 6) is 1.16. The molecule has 6 heteroatoms. The Labute approximate surface area is 170 Å². The number of likely N-dealkylation sites (tertiary alicyclic amines) is 1. The summed E-state index contributed by atoms with van der Waals surface area (Å²) >= 11 is 1.61. The summed E-state index contributed by atoms with van der Waals surface area (Å²) in [6.45, 7) is 5.08. The van der Waals surface area contributed by atoms with Crippen LogP contribution in [-0.4, -0.2) is 40.0 Å². The van der Waals surface area contributed by atoms with Crippen LogP contribution in [0, 0.1) is 0 Å². The van der Waals surface area contributed by atoms with Crippen molar-refractivity contribution in [2.45, 2.75) is 51.7 Å². The van der Waals surface area contributed by atoms with E-state index in [1.165, 1.54) is 34.9 Å². The summed E-state index contributed by atoms with van der Waals surface area (Å²) < 4.78 is 3.42. The van der Waals surface area contributed by atoms with Gasteiger partial charge in [0.15, 0.2) is 0 Å². The van der Waals surface area contributed by atoms with Crippen LogP contribution in [-0.2, 0) is 19.5 Å². The summed E-state index contributed by atoms with van der Waals surface area (Å²) in [5, 5.41) is 4.06. The van der Waals surface area contributed by atoms with Crippen LogP contribution in [0.15, 0.2) is 36.7 Å². The van der Waals surface area contributed by atoms with Gasteiger partial charge in [0.2, 0.25) is 0 Å². The Morgan fingerprint density at radius 1 is 1.32 bits per heavy atom. The molecule has 3 heterocycles. The number of carbonyl (C=O) groups is 1. The van der Waals surface area contributed by atoms with Crippen molar-refractivity contribution in [3.05, 3.63) is 52.9 Å². The van der Waals surface area contributed by atoms with Crippen molar-refractivity contribution in [2.75, 3.05) is 13.6 Å². The van der Waals surface area contributed by atoms with Crippen LogP contribution in [0.1, 0.15) is 47.2 Å². The van der Waals surface area contributed by atoms with Crippen molar-refractivity contribution >= 4 is 27.3 Å². The van der Waals surface area contributed by atoms with E-state index in [1.54, 1.807) is 18.4 Å². The van der Waals surface area contributed by atoms with Crippen LogP contribution in [0.2, 0.25) is 0 Å². The number of amides is 1. The van der Waals surface area contributed by atoms with Crippen molar-refractivity contribution < 1.29 is 4.79 Å². The number of fused-ring (bicyclic) bond motifs is 1. The van der Waals surface area contributed by atoms with Crippen LogP contribution in [0.25, 0.3) is 10.1 Å². The lowest BCUT2D eigenvalue weighted by atomic mass is 9.94. The third-order valence-electron chi connectivity index (χ3n) is 5.81. The molecule has 148 valence electrons. The highest BCUT2D eigenvalue weighted by atomic mass is 32.1. The number of nitrogens with one attached hydrogen (secondary N) is 1. The molecule has 1 aliphatic heterocycles. The molecular weight excluding hydrogens is 368 g/mol. The molecule has 1 aromatic carbocycles. The second-order valence-corrected chi connectivity index (χ2v) is 8.49. The van der Waals surface area contributed by atoms with Crippen LogP contribution >= 0.6 is 11.3 Å². The fourth-order valence-electron chi connectivity index (χ4n) is 4.29. The van der Waals surface area contributed by atoms with Gasteiger partial charge in [0.05, 0.1) is 11.4 Å². The van der Waals surface area contributed by atoms with Gasteiger partial charge >= 0.3 is 0 Å². The Kier molecular flexibility index (Phi) is 5.78. The van der Waals surface area contributed by atoms with Gasteiger partial charge in [0.1, 0.15) is 5.82 Å². The molecule has 1 unspecified atom stereocenters. The lowest BCUT2D eigenvalue weighted by Gasteiger charge is -2.35. The molecule has 3 aromatic rings. The van der Waals surface area contributed by atoms with Crippen molar-refractivity contribution in [1.82, 2.24) is 19.8 Å². The molecule has 1 fully saturated rings. The molecule has 4 rings (SSSR count). The molecule has 1 N–H and O–H groups in total. The highest BCUT2D eigenvalue weighted by Crippen LogP contribution is 2.34. The van der Waals surface area contributed by atoms with Crippen LogP contribution in [0.5, 0.6) is 0 Å². The molecule has 5 nitrogen and oxygen atoms in total. The number of imidazole rings is 1. The fraction of sp³-hybridized carbons (Fsp3) is 0.455. The van der Waals surface area contributed by atoms with Crippen molar-refractivity contribution in [3.63, 3.8) is 0 Å². The molecule has 1 amide bonds. The van der Waals surface area contributed by atoms with Crippen molar-refractivity contribution in [2.24, 2.45) is 0 Å². The van der Waals surface area contributed by atoms with E-state index < -0.39 is 0 Å². The van der Waals surface area contributed by atoms with Gasteiger partial charge < -0.3 is 9.88 Å². The largest absolute Gasteiger partial charge is 0.354 e. The summed E-state index contributed by atoms with van der Waals surface area (Å²) in [6, 6.07) is 8.84. The first-order valence-electron chi connectivity index (χ1n) is 10.2. The average Bonchev–Trinajstić information content (AvgIpc) is 3.33. The zero-order valence-electron chi connectivity index (χ0n) is 16.6. The maximum atomic E-state index is 12.5. The van der Waals surface area contributed by atoms with E-state index in [1.807, 2.05) is 12.3 Å². The number of aryl methyl sites for hydroxylation is 1. The lowest BCUT2D eigenvalue weighted by molar-refractivity contribution is 0.0964. The maximum Gasteiger partial charge on any atom is 0.261 e. The first-order valence-corrected chi connectivity index (χ1v) is 11.0. The zero-order valence-corrected chi connectivity index (χ0v) is 17.5. The summed E-state index contributed by atoms with van der Waals surface area (Å²) in [4.78, 5) is 20.6. The molecule has 0 radical (unpaired) electrons. The van der Waals surface area contributed by atoms with Gasteiger partial charge in [-0.05, 0) is 49.7 Å². The molecule has 1 aliphatic rings. The predicted molar refractivity (Wildman–Crippen MR) is 115 cm³/mol. The minimum atomic E-state index is 0.0279. The molecule has 0 aliphatic carbocycles. The average molecular weight is 397 g/mol. The van der Waals surface area contributed by atoms with Gasteiger partial charge in [-0.15, -0.1) is 11.3 Å². The number of thiophene rings is 1. The molecule has 0 spiro atoms. The zero-order chi connectivity index (χ0) is 19.5. The van der Waals surface area contributed by atoms with Crippen LogP contribution < -0.4 is 5.32 Å². The topological polar surface area (TPSA) is 50.2 Å². The number of piperidine rings is 1. The van der Waals surface area contributed by atoms with Gasteiger partial charge in [-0.2, -0.15) is 0 Å². The van der Waals surface area contributed by atoms with Crippen LogP contribution in [0.3, 0.4) is 0 Å². The number of benzene rings is 1. The number of rotatable bonds is 6. The number of hydrogen-bond donors (Lipinski definition) is 1. The normalized spacial score (nSPS) is 17.9. The highest BCUT2D eigenvalue weighted by Gasteiger charge is 2.27. The van der Waals surface area contributed by atoms with Gasteiger partial charge in [-0.1, -0.05) is 24.6 Å². The molecule has 28 heavy (non-hydrogen) atoms. The molecule has 2 aromatic heterocycles. The highest BCUT2D eigenvalue weighted by molar-refractivity contribution is 7.21. The summed E-state index contributed by atoms with van der Waals surface area (Å²) in [6.07, 6.45) is 8.53. The molecular formula is C22H28N4OS. The second kappa shape index (κ2) is 8.45. The predicted octanol–water partition coefficient (Wildman–Crippen LogP) is 4.07. The van der Waals surface area contributed by atoms with E-state index in [4.69, 9.17) is 0 Å². The van der Waals surface area contributed by atoms with Gasteiger partial charge in [-0.3, -0.25) is 9.69 Å². The van der Waals surface area contributed by atoms with E-state index in [0.29, 0.717) is 6.04 Å². The smallest absolute Gasteiger partial charge is 0.261 e. The molecule has 1 atom stereocenters. The van der Waals surface area contributed by atoms with Gasteiger partial charge in [0, 0.05) is 36.7 Å². The quantitative estimate of drug-likeness (QED) is 0.683. The summed E-state index contributed by atoms with van der Waals surface area (Å²) in [5.41, 5.74) is 1.20. The van der Waals surface area contributed by atoms with Crippen molar-refractivity contribution in [3.8, 4) is 0 Å². The Morgan fingerprint density at radius 2 is 2.18 bits per heavy atom. The Bertz CT molecular complexity index is 961. The molecule has 0 saturated carbocycles. The fourth-order valence-corrected chi connectivity index (χ4v) is 5.47. The third-order valence-corrected chi connectivity index (χ3v) is 7.02. The number of carbonyl (C=O) groups excluding carboxylic acids is 1. The van der Waals surface area contributed by atoms with Gasteiger partial charge in [-0.25, -0.2) is 4.98 Å². The minimum Gasteiger partial charge on any atom is -0.354 e. The van der Waals surface area contributed by atoms with E-state index in [0.717, 1.165) is 36.8 Å². The number of hydrogen-bond acceptors (Lipinski definition) is 4. The Hall–Kier alpha value is -2.18. The summed E-state index contributed by atoms with van der Waals surface area (Å²) in [7, 11) is 1.72. The maximum absolute atomic E-state index is 12.5. The first kappa shape index (κ1) is 19.2. The van der Waals surface area contributed by atoms with E-state index >= 15 is 0 Å². The minimum absolute atomic E-state index is 0.0279. The number of aromatic nitrogens is 2. The van der Waals surface area contributed by atoms with Crippen LogP contribution in [0.4, 0.5) is 0 Å². The molecule has 1 saturated heterocycles.